The molecular formula is C18H23NO2. The molecule has 2 atom stereocenters. The molecule has 4 fully saturated rings. The van der Waals surface area contributed by atoms with Crippen molar-refractivity contribution in [2.24, 2.45) is 17.3 Å². The van der Waals surface area contributed by atoms with Crippen LogP contribution >= 0.6 is 0 Å². The summed E-state index contributed by atoms with van der Waals surface area (Å²) < 4.78 is 5.18. The Kier molecular flexibility index (Phi) is 2.66. The first kappa shape index (κ1) is 13.2. The third-order valence-electron chi connectivity index (χ3n) is 6.20. The van der Waals surface area contributed by atoms with Crippen LogP contribution in [0.15, 0.2) is 24.3 Å². The molecule has 4 aliphatic carbocycles. The molecule has 4 saturated carbocycles. The molecule has 0 radical (unpaired) electrons. The Morgan fingerprint density at radius 1 is 1.14 bits per heavy atom. The van der Waals surface area contributed by atoms with Gasteiger partial charge in [-0.3, -0.25) is 4.79 Å². The zero-order valence-electron chi connectivity index (χ0n) is 12.6. The second-order valence-electron chi connectivity index (χ2n) is 7.64. The first-order valence-electron chi connectivity index (χ1n) is 8.00. The van der Waals surface area contributed by atoms with Crippen molar-refractivity contribution in [1.82, 2.24) is 0 Å². The van der Waals surface area contributed by atoms with E-state index in [0.29, 0.717) is 11.8 Å². The van der Waals surface area contributed by atoms with Gasteiger partial charge >= 0.3 is 5.97 Å². The van der Waals surface area contributed by atoms with E-state index in [1.807, 2.05) is 12.1 Å². The summed E-state index contributed by atoms with van der Waals surface area (Å²) in [5, 5.41) is 0. The van der Waals surface area contributed by atoms with Gasteiger partial charge < -0.3 is 10.5 Å². The first-order valence-corrected chi connectivity index (χ1v) is 8.00. The monoisotopic (exact) mass is 285 g/mol. The fraction of sp³-hybridized carbons (Fsp3) is 0.611. The third-order valence-corrected chi connectivity index (χ3v) is 6.20. The number of ether oxygens (including phenoxy) is 1. The highest BCUT2D eigenvalue weighted by Crippen LogP contribution is 2.66. The van der Waals surface area contributed by atoms with Gasteiger partial charge in [0.25, 0.3) is 0 Å². The zero-order chi connectivity index (χ0) is 14.7. The maximum Gasteiger partial charge on any atom is 0.311 e. The fourth-order valence-electron chi connectivity index (χ4n) is 5.89. The van der Waals surface area contributed by atoms with Gasteiger partial charge in [-0.05, 0) is 73.5 Å². The molecule has 0 aromatic heterocycles. The van der Waals surface area contributed by atoms with Gasteiger partial charge in [-0.25, -0.2) is 0 Å². The number of anilines is 1. The van der Waals surface area contributed by atoms with Crippen LogP contribution < -0.4 is 5.73 Å². The average Bonchev–Trinajstić information content (AvgIpc) is 2.45. The number of nitrogens with two attached hydrogens (primary N) is 1. The largest absolute Gasteiger partial charge is 0.469 e. The predicted octanol–water partition coefficient (Wildman–Crippen LogP) is 3.28. The predicted molar refractivity (Wildman–Crippen MR) is 81.7 cm³/mol. The zero-order valence-corrected chi connectivity index (χ0v) is 12.6. The van der Waals surface area contributed by atoms with E-state index >= 15 is 0 Å². The molecule has 4 aliphatic rings. The van der Waals surface area contributed by atoms with Gasteiger partial charge in [0.1, 0.15) is 0 Å². The van der Waals surface area contributed by atoms with E-state index in [1.54, 1.807) is 0 Å². The standard InChI is InChI=1S/C18H23NO2/c1-21-16(20)18-9-12-6-13(10-18)8-17(7-12,11-18)14-2-4-15(19)5-3-14/h2-5,12-13H,6-11,19H2,1H3. The molecule has 4 bridgehead atoms. The average molecular weight is 285 g/mol. The summed E-state index contributed by atoms with van der Waals surface area (Å²) in [6, 6.07) is 8.35. The fourth-order valence-corrected chi connectivity index (χ4v) is 5.89. The highest BCUT2D eigenvalue weighted by molar-refractivity contribution is 5.78. The molecule has 0 heterocycles. The molecule has 21 heavy (non-hydrogen) atoms. The van der Waals surface area contributed by atoms with Gasteiger partial charge in [0, 0.05) is 5.69 Å². The lowest BCUT2D eigenvalue weighted by atomic mass is 9.43. The minimum Gasteiger partial charge on any atom is -0.469 e. The number of carbonyl (C=O) groups excluding carboxylic acids is 1. The van der Waals surface area contributed by atoms with Crippen LogP contribution in [0.5, 0.6) is 0 Å². The normalized spacial score (nSPS) is 40.2. The maximum absolute atomic E-state index is 12.5. The van der Waals surface area contributed by atoms with E-state index in [1.165, 1.54) is 31.9 Å². The van der Waals surface area contributed by atoms with Crippen LogP contribution in [0.4, 0.5) is 5.69 Å². The van der Waals surface area contributed by atoms with Crippen molar-refractivity contribution in [3.63, 3.8) is 0 Å². The lowest BCUT2D eigenvalue weighted by Gasteiger charge is -2.61. The lowest BCUT2D eigenvalue weighted by molar-refractivity contribution is -0.171. The number of hydrogen-bond donors (Lipinski definition) is 1. The summed E-state index contributed by atoms with van der Waals surface area (Å²) >= 11 is 0. The summed E-state index contributed by atoms with van der Waals surface area (Å²) in [6.45, 7) is 0. The van der Waals surface area contributed by atoms with Crippen molar-refractivity contribution in [2.75, 3.05) is 12.8 Å². The Labute approximate surface area is 125 Å². The Morgan fingerprint density at radius 2 is 1.76 bits per heavy atom. The van der Waals surface area contributed by atoms with Crippen molar-refractivity contribution >= 4 is 11.7 Å². The Balaban J connectivity index is 1.76. The molecule has 3 heteroatoms. The second kappa shape index (κ2) is 4.25. The highest BCUT2D eigenvalue weighted by Gasteiger charge is 2.61. The van der Waals surface area contributed by atoms with E-state index in [2.05, 4.69) is 12.1 Å². The second-order valence-corrected chi connectivity index (χ2v) is 7.64. The van der Waals surface area contributed by atoms with Gasteiger partial charge in [-0.15, -0.1) is 0 Å². The SMILES string of the molecule is COC(=O)C12CC3CC(C1)CC(c1ccc(N)cc1)(C3)C2. The van der Waals surface area contributed by atoms with Gasteiger partial charge in [-0.1, -0.05) is 12.1 Å². The van der Waals surface area contributed by atoms with Gasteiger partial charge in [0.15, 0.2) is 0 Å². The van der Waals surface area contributed by atoms with E-state index in [-0.39, 0.29) is 16.8 Å². The van der Waals surface area contributed by atoms with Crippen LogP contribution in [0.1, 0.15) is 44.1 Å². The van der Waals surface area contributed by atoms with E-state index in [4.69, 9.17) is 10.5 Å². The number of benzene rings is 1. The van der Waals surface area contributed by atoms with Gasteiger partial charge in [-0.2, -0.15) is 0 Å². The van der Waals surface area contributed by atoms with E-state index in [0.717, 1.165) is 24.9 Å². The first-order chi connectivity index (χ1) is 10.1. The number of carbonyl (C=O) groups is 1. The van der Waals surface area contributed by atoms with Crippen LogP contribution in [0.25, 0.3) is 0 Å². The highest BCUT2D eigenvalue weighted by atomic mass is 16.5. The number of hydrogen-bond acceptors (Lipinski definition) is 3. The van der Waals surface area contributed by atoms with Crippen LogP contribution in [0.3, 0.4) is 0 Å². The Morgan fingerprint density at radius 3 is 2.33 bits per heavy atom. The quantitative estimate of drug-likeness (QED) is 0.670. The molecule has 0 saturated heterocycles. The van der Waals surface area contributed by atoms with Gasteiger partial charge in [0.05, 0.1) is 12.5 Å². The van der Waals surface area contributed by atoms with E-state index < -0.39 is 0 Å². The van der Waals surface area contributed by atoms with Gasteiger partial charge in [0.2, 0.25) is 0 Å². The molecular weight excluding hydrogens is 262 g/mol. The Hall–Kier alpha value is -1.51. The summed E-state index contributed by atoms with van der Waals surface area (Å²) in [5.41, 5.74) is 7.98. The van der Waals surface area contributed by atoms with Crippen molar-refractivity contribution in [3.8, 4) is 0 Å². The smallest absolute Gasteiger partial charge is 0.311 e. The molecule has 2 unspecified atom stereocenters. The molecule has 1 aromatic carbocycles. The molecule has 0 aliphatic heterocycles. The molecule has 0 spiro atoms. The van der Waals surface area contributed by atoms with Crippen LogP contribution in [0.2, 0.25) is 0 Å². The van der Waals surface area contributed by atoms with E-state index in [9.17, 15) is 4.79 Å². The summed E-state index contributed by atoms with van der Waals surface area (Å²) in [6.07, 6.45) is 6.79. The minimum absolute atomic E-state index is 0.0245. The number of rotatable bonds is 2. The van der Waals surface area contributed by atoms with Crippen LogP contribution in [0, 0.1) is 17.3 Å². The molecule has 5 rings (SSSR count). The number of nitrogen functional groups attached to an aromatic ring is 1. The topological polar surface area (TPSA) is 52.3 Å². The van der Waals surface area contributed by atoms with Crippen molar-refractivity contribution < 1.29 is 9.53 Å². The summed E-state index contributed by atoms with van der Waals surface area (Å²) in [7, 11) is 1.54. The van der Waals surface area contributed by atoms with Crippen LogP contribution in [-0.4, -0.2) is 13.1 Å². The lowest BCUT2D eigenvalue weighted by Crippen LogP contribution is -2.57. The molecule has 1 aromatic rings. The molecule has 2 N–H and O–H groups in total. The summed E-state index contributed by atoms with van der Waals surface area (Å²) in [5.74, 6) is 1.39. The van der Waals surface area contributed by atoms with Crippen molar-refractivity contribution in [3.05, 3.63) is 29.8 Å². The third kappa shape index (κ3) is 1.82. The molecule has 3 nitrogen and oxygen atoms in total. The van der Waals surface area contributed by atoms with Crippen LogP contribution in [-0.2, 0) is 14.9 Å². The minimum atomic E-state index is -0.222. The van der Waals surface area contributed by atoms with Crippen molar-refractivity contribution in [2.45, 2.75) is 43.9 Å². The van der Waals surface area contributed by atoms with Crippen molar-refractivity contribution in [1.29, 1.82) is 0 Å². The molecule has 112 valence electrons. The molecule has 0 amide bonds. The Bertz CT molecular complexity index is 563. The number of methoxy groups -OCH3 is 1. The summed E-state index contributed by atoms with van der Waals surface area (Å²) in [4.78, 5) is 12.5. The maximum atomic E-state index is 12.5. The number of esters is 1.